The lowest BCUT2D eigenvalue weighted by Crippen LogP contribution is -2.67. The molecule has 1 heterocycles. The van der Waals surface area contributed by atoms with Gasteiger partial charge in [0.1, 0.15) is 24.9 Å². The van der Waals surface area contributed by atoms with Crippen molar-refractivity contribution in [2.75, 3.05) is 6.61 Å². The maximum absolute atomic E-state index is 12.6. The van der Waals surface area contributed by atoms with Crippen molar-refractivity contribution in [3.63, 3.8) is 0 Å². The number of halogens is 3. The van der Waals surface area contributed by atoms with Crippen molar-refractivity contribution in [2.45, 2.75) is 61.8 Å². The van der Waals surface area contributed by atoms with Crippen LogP contribution in [0.4, 0.5) is 0 Å². The summed E-state index contributed by atoms with van der Waals surface area (Å²) in [6.45, 7) is 3.09. The van der Waals surface area contributed by atoms with E-state index in [1.807, 2.05) is 42.5 Å². The van der Waals surface area contributed by atoms with E-state index in [0.717, 1.165) is 30.2 Å². The molecule has 2 aromatic rings. The van der Waals surface area contributed by atoms with Crippen molar-refractivity contribution in [1.82, 2.24) is 5.32 Å². The van der Waals surface area contributed by atoms with Crippen molar-refractivity contribution in [3.8, 4) is 0 Å². The first kappa shape index (κ1) is 29.9. The van der Waals surface area contributed by atoms with Crippen LogP contribution >= 0.6 is 34.8 Å². The lowest BCUT2D eigenvalue weighted by molar-refractivity contribution is -0.275. The van der Waals surface area contributed by atoms with Crippen molar-refractivity contribution in [3.05, 3.63) is 48.0 Å². The summed E-state index contributed by atoms with van der Waals surface area (Å²) in [4.78, 5) is 48.0. The Balaban J connectivity index is 1.99. The Morgan fingerprint density at radius 3 is 2.16 bits per heavy atom. The van der Waals surface area contributed by atoms with Crippen LogP contribution in [0.25, 0.3) is 10.8 Å². The summed E-state index contributed by atoms with van der Waals surface area (Å²) in [5.74, 6) is -3.15. The summed E-state index contributed by atoms with van der Waals surface area (Å²) in [5.41, 5.74) is 0.754. The van der Waals surface area contributed by atoms with E-state index in [0.29, 0.717) is 0 Å². The third-order valence-electron chi connectivity index (χ3n) is 5.49. The van der Waals surface area contributed by atoms with E-state index >= 15 is 0 Å². The monoisotopic (exact) mass is 589 g/mol. The standard InChI is InChI=1S/C25H26Cl3NO9/c1-13(30)34-12-19-21(36-14(2)31)22(35-11-16-8-9-17-6-4-5-7-18(17)10-16)20(23(38-19)37-15(3)32)29-24(33)25(26,27)28/h4-10,19-23H,11-12H2,1-3H3,(H,29,33)/t19-,20-,21+,22-,23?/m1/s1. The Kier molecular flexibility index (Phi) is 10.2. The number of ether oxygens (including phenoxy) is 5. The fourth-order valence-electron chi connectivity index (χ4n) is 3.94. The Morgan fingerprint density at radius 1 is 0.895 bits per heavy atom. The summed E-state index contributed by atoms with van der Waals surface area (Å²) in [7, 11) is 0. The first-order chi connectivity index (χ1) is 17.8. The van der Waals surface area contributed by atoms with Crippen LogP contribution in [0.3, 0.4) is 0 Å². The molecule has 2 aromatic carbocycles. The van der Waals surface area contributed by atoms with Crippen LogP contribution in [0, 0.1) is 0 Å². The van der Waals surface area contributed by atoms with E-state index in [-0.39, 0.29) is 13.2 Å². The molecule has 1 fully saturated rings. The number of benzene rings is 2. The van der Waals surface area contributed by atoms with Crippen molar-refractivity contribution < 1.29 is 42.9 Å². The predicted octanol–water partition coefficient (Wildman–Crippen LogP) is 3.36. The fourth-order valence-corrected chi connectivity index (χ4v) is 4.10. The van der Waals surface area contributed by atoms with Gasteiger partial charge >= 0.3 is 17.9 Å². The molecule has 206 valence electrons. The number of fused-ring (bicyclic) bond motifs is 1. The molecule has 1 aliphatic rings. The minimum atomic E-state index is -2.38. The SMILES string of the molecule is CC(=O)OC[C@H]1OC(OC(C)=O)[C@H](NC(=O)C(Cl)(Cl)Cl)[C@@H](OCc2ccc3ccccc3c2)[C@H]1OC(C)=O. The Labute approximate surface area is 233 Å². The number of carbonyl (C=O) groups excluding carboxylic acids is 4. The third-order valence-corrected chi connectivity index (χ3v) is 6.01. The number of esters is 3. The van der Waals surface area contributed by atoms with Gasteiger partial charge in [-0.2, -0.15) is 0 Å². The van der Waals surface area contributed by atoms with Crippen molar-refractivity contribution >= 4 is 69.4 Å². The second kappa shape index (κ2) is 12.9. The third kappa shape index (κ3) is 8.18. The van der Waals surface area contributed by atoms with Gasteiger partial charge in [-0.1, -0.05) is 71.2 Å². The molecule has 0 bridgehead atoms. The number of hydrogen-bond acceptors (Lipinski definition) is 9. The lowest BCUT2D eigenvalue weighted by atomic mass is 9.96. The van der Waals surface area contributed by atoms with Gasteiger partial charge in [0, 0.05) is 20.8 Å². The molecule has 1 unspecified atom stereocenters. The van der Waals surface area contributed by atoms with E-state index in [1.54, 1.807) is 0 Å². The van der Waals surface area contributed by atoms with E-state index in [4.69, 9.17) is 58.5 Å². The Bertz CT molecular complexity index is 1190. The topological polar surface area (TPSA) is 126 Å². The number of rotatable bonds is 8. The maximum atomic E-state index is 12.6. The lowest BCUT2D eigenvalue weighted by Gasteiger charge is -2.45. The van der Waals surface area contributed by atoms with Gasteiger partial charge in [-0.15, -0.1) is 0 Å². The summed E-state index contributed by atoms with van der Waals surface area (Å²) in [6.07, 6.45) is -5.02. The van der Waals surface area contributed by atoms with Gasteiger partial charge in [-0.05, 0) is 22.4 Å². The van der Waals surface area contributed by atoms with Gasteiger partial charge in [0.15, 0.2) is 6.10 Å². The highest BCUT2D eigenvalue weighted by molar-refractivity contribution is 6.76. The van der Waals surface area contributed by atoms with E-state index in [9.17, 15) is 19.2 Å². The molecule has 1 amide bonds. The summed E-state index contributed by atoms with van der Waals surface area (Å²) in [5, 5.41) is 4.44. The van der Waals surface area contributed by atoms with Crippen molar-refractivity contribution in [2.24, 2.45) is 0 Å². The summed E-state index contributed by atoms with van der Waals surface area (Å²) < 4.78 is 25.4. The second-order valence-corrected chi connectivity index (χ2v) is 10.8. The molecule has 5 atom stereocenters. The zero-order valence-corrected chi connectivity index (χ0v) is 22.9. The minimum absolute atomic E-state index is 0.0134. The van der Waals surface area contributed by atoms with E-state index in [1.165, 1.54) is 6.92 Å². The highest BCUT2D eigenvalue weighted by atomic mass is 35.6. The van der Waals surface area contributed by atoms with Gasteiger partial charge in [0.25, 0.3) is 9.70 Å². The first-order valence-electron chi connectivity index (χ1n) is 11.5. The van der Waals surface area contributed by atoms with Crippen LogP contribution in [0.15, 0.2) is 42.5 Å². The Morgan fingerprint density at radius 2 is 1.55 bits per heavy atom. The van der Waals surface area contributed by atoms with Gasteiger partial charge in [-0.3, -0.25) is 19.2 Å². The fraction of sp³-hybridized carbons (Fsp3) is 0.440. The molecule has 3 rings (SSSR count). The van der Waals surface area contributed by atoms with Crippen molar-refractivity contribution in [1.29, 1.82) is 0 Å². The van der Waals surface area contributed by atoms with Crippen LogP contribution in [0.1, 0.15) is 26.3 Å². The molecule has 0 spiro atoms. The van der Waals surface area contributed by atoms with Gasteiger partial charge in [0.2, 0.25) is 6.29 Å². The smallest absolute Gasteiger partial charge is 0.305 e. The number of alkyl halides is 3. The number of nitrogens with one attached hydrogen (secondary N) is 1. The van der Waals surface area contributed by atoms with E-state index in [2.05, 4.69) is 5.32 Å². The number of hydrogen-bond donors (Lipinski definition) is 1. The highest BCUT2D eigenvalue weighted by Crippen LogP contribution is 2.31. The molecular weight excluding hydrogens is 565 g/mol. The van der Waals surface area contributed by atoms with E-state index < -0.39 is 58.3 Å². The zero-order chi connectivity index (χ0) is 28.0. The number of amides is 1. The van der Waals surface area contributed by atoms with Gasteiger partial charge < -0.3 is 29.0 Å². The van der Waals surface area contributed by atoms with Crippen LogP contribution in [-0.4, -0.2) is 64.9 Å². The molecule has 0 radical (unpaired) electrons. The van der Waals surface area contributed by atoms with Gasteiger partial charge in [0.05, 0.1) is 6.61 Å². The molecule has 13 heteroatoms. The highest BCUT2D eigenvalue weighted by Gasteiger charge is 2.52. The minimum Gasteiger partial charge on any atom is -0.463 e. The molecule has 1 aliphatic heterocycles. The molecule has 0 saturated carbocycles. The predicted molar refractivity (Wildman–Crippen MR) is 137 cm³/mol. The van der Waals surface area contributed by atoms with Crippen LogP contribution in [0.5, 0.6) is 0 Å². The molecule has 0 aromatic heterocycles. The summed E-state index contributed by atoms with van der Waals surface area (Å²) in [6, 6.07) is 12.1. The molecule has 38 heavy (non-hydrogen) atoms. The molecule has 0 aliphatic carbocycles. The average Bonchev–Trinajstić information content (AvgIpc) is 2.82. The Hall–Kier alpha value is -2.63. The average molecular weight is 591 g/mol. The first-order valence-corrected chi connectivity index (χ1v) is 12.6. The molecule has 10 nitrogen and oxygen atoms in total. The zero-order valence-electron chi connectivity index (χ0n) is 20.7. The summed E-state index contributed by atoms with van der Waals surface area (Å²) >= 11 is 17.3. The number of carbonyl (C=O) groups is 4. The molecular formula is C25H26Cl3NO9. The molecule has 1 saturated heterocycles. The van der Waals surface area contributed by atoms with Gasteiger partial charge in [-0.25, -0.2) is 0 Å². The maximum Gasteiger partial charge on any atom is 0.305 e. The quantitative estimate of drug-likeness (QED) is 0.280. The largest absolute Gasteiger partial charge is 0.463 e. The van der Waals surface area contributed by atoms with Crippen LogP contribution in [-0.2, 0) is 49.5 Å². The molecule has 1 N–H and O–H groups in total. The normalized spacial score (nSPS) is 23.4. The van der Waals surface area contributed by atoms with Crippen LogP contribution < -0.4 is 5.32 Å². The second-order valence-electron chi connectivity index (χ2n) is 8.48. The van der Waals surface area contributed by atoms with Crippen LogP contribution in [0.2, 0.25) is 0 Å².